The predicted octanol–water partition coefficient (Wildman–Crippen LogP) is 2.75. The van der Waals surface area contributed by atoms with Gasteiger partial charge in [0, 0.05) is 43.9 Å². The highest BCUT2D eigenvalue weighted by molar-refractivity contribution is 5.81. The molecule has 1 atom stereocenters. The number of rotatable bonds is 4. The zero-order chi connectivity index (χ0) is 22.5. The average Bonchev–Trinajstić information content (AvgIpc) is 3.60. The molecule has 1 unspecified atom stereocenters. The van der Waals surface area contributed by atoms with Crippen molar-refractivity contribution in [1.29, 1.82) is 0 Å². The van der Waals surface area contributed by atoms with E-state index in [4.69, 9.17) is 4.98 Å². The molecule has 1 amide bonds. The van der Waals surface area contributed by atoms with Crippen molar-refractivity contribution in [2.24, 2.45) is 5.92 Å². The van der Waals surface area contributed by atoms with Crippen LogP contribution in [0.3, 0.4) is 0 Å². The molecule has 1 saturated carbocycles. The van der Waals surface area contributed by atoms with Crippen LogP contribution in [0, 0.1) is 12.8 Å². The van der Waals surface area contributed by atoms with Crippen molar-refractivity contribution in [1.82, 2.24) is 29.4 Å². The van der Waals surface area contributed by atoms with Crippen LogP contribution in [0.1, 0.15) is 66.2 Å². The van der Waals surface area contributed by atoms with Crippen LogP contribution in [0.4, 0.5) is 0 Å². The molecular formula is C25H30N6O2. The number of likely N-dealkylation sites (tertiary alicyclic amines) is 1. The molecule has 172 valence electrons. The standard InChI is InChI=1S/C25H30N6O2/c1-16-13-26-9-7-18(16)14-29-10-3-2-4-22(29)21-12-23-27-20-8-11-30(24(32)17-5-6-17)15-19(20)25(33)31(23)28-21/h7,9,12-13,17,22,28H,2-6,8,10-11,14-15H2,1H3. The monoisotopic (exact) mass is 446 g/mol. The van der Waals surface area contributed by atoms with Crippen LogP contribution in [0.2, 0.25) is 0 Å². The summed E-state index contributed by atoms with van der Waals surface area (Å²) in [7, 11) is 0. The van der Waals surface area contributed by atoms with Crippen molar-refractivity contribution in [3.05, 3.63) is 63.0 Å². The summed E-state index contributed by atoms with van der Waals surface area (Å²) in [6.07, 6.45) is 9.79. The molecule has 3 aromatic heterocycles. The fraction of sp³-hybridized carbons (Fsp3) is 0.520. The van der Waals surface area contributed by atoms with E-state index in [0.29, 0.717) is 30.7 Å². The fourth-order valence-corrected chi connectivity index (χ4v) is 5.38. The van der Waals surface area contributed by atoms with Crippen LogP contribution in [-0.4, -0.2) is 48.4 Å². The van der Waals surface area contributed by atoms with E-state index in [-0.39, 0.29) is 23.4 Å². The molecule has 8 heteroatoms. The van der Waals surface area contributed by atoms with Gasteiger partial charge in [0.15, 0.2) is 5.65 Å². The molecule has 33 heavy (non-hydrogen) atoms. The minimum atomic E-state index is -0.0677. The van der Waals surface area contributed by atoms with Crippen LogP contribution in [-0.2, 0) is 24.3 Å². The van der Waals surface area contributed by atoms with Crippen LogP contribution in [0.15, 0.2) is 29.3 Å². The van der Waals surface area contributed by atoms with Gasteiger partial charge in [0.05, 0.1) is 29.5 Å². The molecule has 2 aliphatic heterocycles. The van der Waals surface area contributed by atoms with Crippen LogP contribution in [0.25, 0.3) is 5.65 Å². The third kappa shape index (κ3) is 3.76. The van der Waals surface area contributed by atoms with Crippen LogP contribution >= 0.6 is 0 Å². The Morgan fingerprint density at radius 3 is 2.91 bits per heavy atom. The number of H-pyrrole nitrogens is 1. The SMILES string of the molecule is Cc1cnccc1CN1CCCCC1c1cc2nc3c(c(=O)n2[nH]1)CN(C(=O)C1CC1)CC3. The zero-order valence-corrected chi connectivity index (χ0v) is 19.1. The predicted molar refractivity (Wildman–Crippen MR) is 124 cm³/mol. The van der Waals surface area contributed by atoms with Crippen LogP contribution < -0.4 is 5.56 Å². The maximum Gasteiger partial charge on any atom is 0.277 e. The molecular weight excluding hydrogens is 416 g/mol. The topological polar surface area (TPSA) is 86.6 Å². The number of amides is 1. The molecule has 1 aliphatic carbocycles. The van der Waals surface area contributed by atoms with Crippen molar-refractivity contribution in [3.8, 4) is 0 Å². The summed E-state index contributed by atoms with van der Waals surface area (Å²) in [6, 6.07) is 4.37. The molecule has 6 rings (SSSR count). The number of hydrogen-bond donors (Lipinski definition) is 1. The molecule has 3 aromatic rings. The molecule has 3 aliphatic rings. The lowest BCUT2D eigenvalue weighted by Gasteiger charge is -2.35. The molecule has 2 fully saturated rings. The fourth-order valence-electron chi connectivity index (χ4n) is 5.38. The number of carbonyl (C=O) groups is 1. The van der Waals surface area contributed by atoms with Gasteiger partial charge in [0.2, 0.25) is 5.91 Å². The Bertz CT molecular complexity index is 1270. The Morgan fingerprint density at radius 2 is 2.09 bits per heavy atom. The van der Waals surface area contributed by atoms with Gasteiger partial charge in [-0.2, -0.15) is 0 Å². The molecule has 8 nitrogen and oxygen atoms in total. The summed E-state index contributed by atoms with van der Waals surface area (Å²) in [5.74, 6) is 0.367. The van der Waals surface area contributed by atoms with Crippen molar-refractivity contribution in [2.45, 2.75) is 64.6 Å². The van der Waals surface area contributed by atoms with Crippen molar-refractivity contribution in [2.75, 3.05) is 13.1 Å². The van der Waals surface area contributed by atoms with Gasteiger partial charge in [-0.25, -0.2) is 9.50 Å². The van der Waals surface area contributed by atoms with Gasteiger partial charge in [-0.05, 0) is 56.3 Å². The summed E-state index contributed by atoms with van der Waals surface area (Å²) < 4.78 is 1.59. The maximum absolute atomic E-state index is 13.4. The second-order valence-corrected chi connectivity index (χ2v) is 9.82. The third-order valence-corrected chi connectivity index (χ3v) is 7.50. The maximum atomic E-state index is 13.4. The molecule has 0 spiro atoms. The number of aromatic nitrogens is 4. The van der Waals surface area contributed by atoms with E-state index in [1.807, 2.05) is 23.4 Å². The minimum absolute atomic E-state index is 0.0677. The number of pyridine rings is 1. The highest BCUT2D eigenvalue weighted by Crippen LogP contribution is 2.33. The van der Waals surface area contributed by atoms with Gasteiger partial charge in [0.25, 0.3) is 5.56 Å². The van der Waals surface area contributed by atoms with Crippen molar-refractivity contribution in [3.63, 3.8) is 0 Å². The Morgan fingerprint density at radius 1 is 1.21 bits per heavy atom. The lowest BCUT2D eigenvalue weighted by molar-refractivity contribution is -0.133. The van der Waals surface area contributed by atoms with Crippen molar-refractivity contribution < 1.29 is 4.79 Å². The second-order valence-electron chi connectivity index (χ2n) is 9.82. The van der Waals surface area contributed by atoms with E-state index in [0.717, 1.165) is 43.7 Å². The lowest BCUT2D eigenvalue weighted by Crippen LogP contribution is -2.41. The summed E-state index contributed by atoms with van der Waals surface area (Å²) in [6.45, 7) is 5.04. The third-order valence-electron chi connectivity index (χ3n) is 7.50. The number of fused-ring (bicyclic) bond motifs is 2. The molecule has 0 radical (unpaired) electrons. The van der Waals surface area contributed by atoms with Gasteiger partial charge >= 0.3 is 0 Å². The Labute approximate surface area is 192 Å². The first kappa shape index (κ1) is 20.6. The van der Waals surface area contributed by atoms with Gasteiger partial charge in [-0.1, -0.05) is 6.42 Å². The number of piperidine rings is 1. The average molecular weight is 447 g/mol. The van der Waals surface area contributed by atoms with E-state index in [2.05, 4.69) is 28.0 Å². The highest BCUT2D eigenvalue weighted by atomic mass is 16.2. The largest absolute Gasteiger partial charge is 0.337 e. The van der Waals surface area contributed by atoms with E-state index < -0.39 is 0 Å². The zero-order valence-electron chi connectivity index (χ0n) is 19.1. The first-order valence-electron chi connectivity index (χ1n) is 12.1. The number of nitrogens with one attached hydrogen (secondary N) is 1. The smallest absolute Gasteiger partial charge is 0.277 e. The first-order chi connectivity index (χ1) is 16.1. The highest BCUT2D eigenvalue weighted by Gasteiger charge is 2.36. The normalized spacial score (nSPS) is 21.4. The van der Waals surface area contributed by atoms with Gasteiger partial charge in [-0.15, -0.1) is 0 Å². The van der Waals surface area contributed by atoms with Gasteiger partial charge in [0.1, 0.15) is 0 Å². The number of carbonyl (C=O) groups excluding carboxylic acids is 1. The first-order valence-corrected chi connectivity index (χ1v) is 12.1. The van der Waals surface area contributed by atoms with Crippen molar-refractivity contribution >= 4 is 11.6 Å². The Balaban J connectivity index is 1.31. The van der Waals surface area contributed by atoms with E-state index in [9.17, 15) is 9.59 Å². The lowest BCUT2D eigenvalue weighted by atomic mass is 9.98. The molecule has 0 aromatic carbocycles. The summed E-state index contributed by atoms with van der Waals surface area (Å²) in [5, 5.41) is 3.38. The molecule has 0 bridgehead atoms. The van der Waals surface area contributed by atoms with Gasteiger partial charge < -0.3 is 4.90 Å². The van der Waals surface area contributed by atoms with E-state index >= 15 is 0 Å². The number of nitrogens with zero attached hydrogens (tertiary/aromatic N) is 5. The summed E-state index contributed by atoms with van der Waals surface area (Å²) in [5.41, 5.74) is 5.66. The Hall–Kier alpha value is -3.00. The molecule has 1 N–H and O–H groups in total. The molecule has 1 saturated heterocycles. The second kappa shape index (κ2) is 8.09. The summed E-state index contributed by atoms with van der Waals surface area (Å²) in [4.78, 5) is 39.3. The van der Waals surface area contributed by atoms with Crippen LogP contribution in [0.5, 0.6) is 0 Å². The van der Waals surface area contributed by atoms with E-state index in [1.54, 1.807) is 4.52 Å². The summed E-state index contributed by atoms with van der Waals surface area (Å²) >= 11 is 0. The van der Waals surface area contributed by atoms with E-state index in [1.165, 1.54) is 24.0 Å². The number of hydrogen-bond acceptors (Lipinski definition) is 5. The van der Waals surface area contributed by atoms with Gasteiger partial charge in [-0.3, -0.25) is 24.6 Å². The minimum Gasteiger partial charge on any atom is -0.337 e. The number of aryl methyl sites for hydroxylation is 1. The number of aromatic amines is 1. The Kier molecular flexibility index (Phi) is 5.05. The molecule has 5 heterocycles. The quantitative estimate of drug-likeness (QED) is 0.666.